The molecule has 8 heteroatoms. The van der Waals surface area contributed by atoms with E-state index in [2.05, 4.69) is 15.4 Å². The van der Waals surface area contributed by atoms with Crippen molar-refractivity contribution in [3.8, 4) is 22.1 Å². The molecule has 23 heavy (non-hydrogen) atoms. The lowest BCUT2D eigenvalue weighted by Crippen LogP contribution is -1.79. The highest BCUT2D eigenvalue weighted by Crippen LogP contribution is 2.30. The van der Waals surface area contributed by atoms with Gasteiger partial charge in [-0.25, -0.2) is 0 Å². The van der Waals surface area contributed by atoms with Gasteiger partial charge in [0.05, 0.1) is 22.4 Å². The predicted molar refractivity (Wildman–Crippen MR) is 86.1 cm³/mol. The highest BCUT2D eigenvalue weighted by Gasteiger charge is 2.14. The number of rotatable bonds is 5. The summed E-state index contributed by atoms with van der Waals surface area (Å²) in [4.78, 5) is 1.06. The molecule has 0 saturated heterocycles. The lowest BCUT2D eigenvalue weighted by molar-refractivity contribution is 0.427. The van der Waals surface area contributed by atoms with Crippen molar-refractivity contribution in [3.05, 3.63) is 47.4 Å². The normalized spacial score (nSPS) is 11.2. The van der Waals surface area contributed by atoms with E-state index >= 15 is 0 Å². The van der Waals surface area contributed by atoms with Gasteiger partial charge in [0.1, 0.15) is 5.76 Å². The quantitative estimate of drug-likeness (QED) is 0.487. The topological polar surface area (TPSA) is 78.1 Å². The van der Waals surface area contributed by atoms with Crippen molar-refractivity contribution in [3.63, 3.8) is 0 Å². The average molecular weight is 345 g/mol. The van der Waals surface area contributed by atoms with Crippen LogP contribution in [0.15, 0.2) is 54.5 Å². The molecule has 6 nitrogen and oxygen atoms in total. The van der Waals surface area contributed by atoms with Crippen LogP contribution in [0.1, 0.15) is 11.5 Å². The Labute approximate surface area is 139 Å². The fourth-order valence-electron chi connectivity index (χ4n) is 2.03. The highest BCUT2D eigenvalue weighted by molar-refractivity contribution is 7.98. The van der Waals surface area contributed by atoms with Crippen molar-refractivity contribution in [2.24, 2.45) is 0 Å². The van der Waals surface area contributed by atoms with Gasteiger partial charge < -0.3 is 13.4 Å². The minimum absolute atomic E-state index is 0.457. The van der Waals surface area contributed by atoms with E-state index in [1.807, 2.05) is 36.6 Å². The summed E-state index contributed by atoms with van der Waals surface area (Å²) in [6.45, 7) is 1.86. The summed E-state index contributed by atoms with van der Waals surface area (Å²) in [5.74, 6) is 2.58. The average Bonchev–Trinajstić information content (AvgIpc) is 3.32. The van der Waals surface area contributed by atoms with Crippen molar-refractivity contribution in [2.75, 3.05) is 0 Å². The molecule has 0 aromatic carbocycles. The molecule has 0 atom stereocenters. The largest absolute Gasteiger partial charge is 0.469 e. The molecule has 4 aromatic rings. The van der Waals surface area contributed by atoms with Gasteiger partial charge in [0, 0.05) is 11.8 Å². The Morgan fingerprint density at radius 1 is 1.26 bits per heavy atom. The molecule has 0 aliphatic carbocycles. The molecule has 0 unspecified atom stereocenters. The first-order valence-electron chi connectivity index (χ1n) is 6.80. The first-order chi connectivity index (χ1) is 11.3. The van der Waals surface area contributed by atoms with Crippen LogP contribution in [0.5, 0.6) is 0 Å². The number of hydrogen-bond donors (Lipinski definition) is 0. The van der Waals surface area contributed by atoms with Gasteiger partial charge in [0.25, 0.3) is 11.1 Å². The van der Waals surface area contributed by atoms with Gasteiger partial charge in [-0.2, -0.15) is 0 Å². The summed E-state index contributed by atoms with van der Waals surface area (Å²) < 4.78 is 16.2. The zero-order valence-electron chi connectivity index (χ0n) is 12.1. The Bertz CT molecular complexity index is 908. The summed E-state index contributed by atoms with van der Waals surface area (Å²) in [5, 5.41) is 14.6. The maximum absolute atomic E-state index is 5.63. The third kappa shape index (κ3) is 2.95. The van der Waals surface area contributed by atoms with Crippen LogP contribution < -0.4 is 0 Å². The molecule has 0 radical (unpaired) electrons. The van der Waals surface area contributed by atoms with Crippen LogP contribution in [-0.4, -0.2) is 15.4 Å². The molecule has 4 aromatic heterocycles. The molecule has 0 spiro atoms. The molecular weight excluding hydrogens is 334 g/mol. The minimum Gasteiger partial charge on any atom is -0.469 e. The van der Waals surface area contributed by atoms with Crippen LogP contribution in [0.4, 0.5) is 0 Å². The van der Waals surface area contributed by atoms with E-state index in [9.17, 15) is 0 Å². The minimum atomic E-state index is 0.457. The number of furan rings is 1. The van der Waals surface area contributed by atoms with Crippen LogP contribution in [0.2, 0.25) is 0 Å². The van der Waals surface area contributed by atoms with Gasteiger partial charge in [0.15, 0.2) is 5.76 Å². The summed E-state index contributed by atoms with van der Waals surface area (Å²) >= 11 is 3.03. The SMILES string of the molecule is Cc1occc1-c1nnc(SCc2cc(-c3cccs3)on2)o1. The van der Waals surface area contributed by atoms with E-state index < -0.39 is 0 Å². The first-order valence-corrected chi connectivity index (χ1v) is 8.66. The fraction of sp³-hybridized carbons (Fsp3) is 0.133. The zero-order chi connectivity index (χ0) is 15.6. The van der Waals surface area contributed by atoms with E-state index in [0.717, 1.165) is 27.7 Å². The van der Waals surface area contributed by atoms with Gasteiger partial charge in [-0.3, -0.25) is 0 Å². The Morgan fingerprint density at radius 2 is 2.22 bits per heavy atom. The fourth-order valence-corrected chi connectivity index (χ4v) is 3.35. The summed E-state index contributed by atoms with van der Waals surface area (Å²) in [7, 11) is 0. The molecule has 4 rings (SSSR count). The van der Waals surface area contributed by atoms with Crippen molar-refractivity contribution in [2.45, 2.75) is 17.9 Å². The smallest absolute Gasteiger partial charge is 0.277 e. The molecule has 0 fully saturated rings. The van der Waals surface area contributed by atoms with Crippen molar-refractivity contribution < 1.29 is 13.4 Å². The van der Waals surface area contributed by atoms with Crippen molar-refractivity contribution >= 4 is 23.1 Å². The third-order valence-electron chi connectivity index (χ3n) is 3.16. The summed E-state index contributed by atoms with van der Waals surface area (Å²) in [6.07, 6.45) is 1.60. The number of aryl methyl sites for hydroxylation is 1. The van der Waals surface area contributed by atoms with Crippen LogP contribution in [0.25, 0.3) is 22.1 Å². The summed E-state index contributed by atoms with van der Waals surface area (Å²) in [5.41, 5.74) is 1.64. The van der Waals surface area contributed by atoms with Gasteiger partial charge in [-0.05, 0) is 24.4 Å². The molecule has 0 saturated carbocycles. The van der Waals surface area contributed by atoms with Crippen LogP contribution in [-0.2, 0) is 5.75 Å². The van der Waals surface area contributed by atoms with E-state index in [-0.39, 0.29) is 0 Å². The lowest BCUT2D eigenvalue weighted by atomic mass is 10.3. The molecule has 116 valence electrons. The van der Waals surface area contributed by atoms with Crippen molar-refractivity contribution in [1.29, 1.82) is 0 Å². The number of hydrogen-bond acceptors (Lipinski definition) is 8. The Balaban J connectivity index is 1.44. The Kier molecular flexibility index (Phi) is 3.76. The molecule has 0 aliphatic heterocycles. The predicted octanol–water partition coefficient (Wildman–Crippen LogP) is 4.65. The van der Waals surface area contributed by atoms with Crippen LogP contribution in [0.3, 0.4) is 0 Å². The highest BCUT2D eigenvalue weighted by atomic mass is 32.2. The maximum Gasteiger partial charge on any atom is 0.277 e. The molecule has 0 amide bonds. The Hall–Kier alpha value is -2.32. The molecule has 0 aliphatic rings. The second-order valence-electron chi connectivity index (χ2n) is 4.71. The molecule has 0 bridgehead atoms. The zero-order valence-corrected chi connectivity index (χ0v) is 13.7. The molecule has 4 heterocycles. The standard InChI is InChI=1S/C15H11N3O3S2/c1-9-11(4-5-19-9)14-16-17-15(20-14)23-8-10-7-12(21-18-10)13-3-2-6-22-13/h2-7H,8H2,1H3. The second-order valence-corrected chi connectivity index (χ2v) is 6.59. The van der Waals surface area contributed by atoms with Crippen molar-refractivity contribution in [1.82, 2.24) is 15.4 Å². The summed E-state index contributed by atoms with van der Waals surface area (Å²) in [6, 6.07) is 7.72. The van der Waals surface area contributed by atoms with Gasteiger partial charge in [-0.15, -0.1) is 21.5 Å². The van der Waals surface area contributed by atoms with E-state index in [1.165, 1.54) is 11.8 Å². The second kappa shape index (κ2) is 6.05. The maximum atomic E-state index is 5.63. The van der Waals surface area contributed by atoms with Crippen LogP contribution in [0, 0.1) is 6.92 Å². The number of thioether (sulfide) groups is 1. The van der Waals surface area contributed by atoms with Gasteiger partial charge >= 0.3 is 0 Å². The van der Waals surface area contributed by atoms with E-state index in [1.54, 1.807) is 17.6 Å². The first kappa shape index (κ1) is 14.3. The number of nitrogens with zero attached hydrogens (tertiary/aromatic N) is 3. The molecule has 0 N–H and O–H groups in total. The van der Waals surface area contributed by atoms with Gasteiger partial charge in [-0.1, -0.05) is 23.0 Å². The molecular formula is C15H11N3O3S2. The van der Waals surface area contributed by atoms with Gasteiger partial charge in [0.2, 0.25) is 0 Å². The van der Waals surface area contributed by atoms with E-state index in [0.29, 0.717) is 16.9 Å². The number of aromatic nitrogens is 3. The Morgan fingerprint density at radius 3 is 3.00 bits per heavy atom. The third-order valence-corrected chi connectivity index (χ3v) is 4.90. The monoisotopic (exact) mass is 345 g/mol. The van der Waals surface area contributed by atoms with Crippen LogP contribution >= 0.6 is 23.1 Å². The van der Waals surface area contributed by atoms with E-state index in [4.69, 9.17) is 13.4 Å². The number of thiophene rings is 1. The lowest BCUT2D eigenvalue weighted by Gasteiger charge is -1.91.